The Morgan fingerprint density at radius 2 is 1.53 bits per heavy atom. The van der Waals surface area contributed by atoms with E-state index in [1.165, 1.54) is 19.3 Å². The van der Waals surface area contributed by atoms with Crippen molar-refractivity contribution in [2.24, 2.45) is 5.92 Å². The van der Waals surface area contributed by atoms with Crippen LogP contribution in [0, 0.1) is 5.92 Å². The summed E-state index contributed by atoms with van der Waals surface area (Å²) in [5.41, 5.74) is 0. The van der Waals surface area contributed by atoms with Crippen LogP contribution in [-0.4, -0.2) is 25.0 Å². The molecule has 2 rings (SSSR count). The molecule has 1 saturated heterocycles. The first-order chi connectivity index (χ1) is 7.36. The Morgan fingerprint density at radius 1 is 0.941 bits per heavy atom. The SMILES string of the molecule is Cl.Cl.O=C(NC1CCNCC1)C1CCCCC1. The van der Waals surface area contributed by atoms with Gasteiger partial charge in [-0.3, -0.25) is 4.79 Å². The van der Waals surface area contributed by atoms with Gasteiger partial charge >= 0.3 is 0 Å². The van der Waals surface area contributed by atoms with E-state index in [1.807, 2.05) is 0 Å². The molecule has 5 heteroatoms. The van der Waals surface area contributed by atoms with Gasteiger partial charge in [0.2, 0.25) is 5.91 Å². The second kappa shape index (κ2) is 9.01. The minimum absolute atomic E-state index is 0. The average molecular weight is 283 g/mol. The van der Waals surface area contributed by atoms with E-state index in [0.29, 0.717) is 17.9 Å². The first kappa shape index (κ1) is 17.0. The van der Waals surface area contributed by atoms with Crippen molar-refractivity contribution < 1.29 is 4.79 Å². The number of amides is 1. The van der Waals surface area contributed by atoms with Crippen LogP contribution in [0.2, 0.25) is 0 Å². The number of piperidine rings is 1. The van der Waals surface area contributed by atoms with E-state index in [4.69, 9.17) is 0 Å². The molecule has 0 radical (unpaired) electrons. The predicted octanol–water partition coefficient (Wildman–Crippen LogP) is 2.28. The number of carbonyl (C=O) groups is 1. The Labute approximate surface area is 116 Å². The van der Waals surface area contributed by atoms with Gasteiger partial charge in [-0.25, -0.2) is 0 Å². The van der Waals surface area contributed by atoms with Crippen molar-refractivity contribution in [2.75, 3.05) is 13.1 Å². The number of hydrogen-bond donors (Lipinski definition) is 2. The largest absolute Gasteiger partial charge is 0.353 e. The quantitative estimate of drug-likeness (QED) is 0.816. The van der Waals surface area contributed by atoms with Crippen molar-refractivity contribution in [1.82, 2.24) is 10.6 Å². The fourth-order valence-electron chi connectivity index (χ4n) is 2.65. The van der Waals surface area contributed by atoms with Crippen LogP contribution < -0.4 is 10.6 Å². The number of nitrogens with one attached hydrogen (secondary N) is 2. The number of halogens is 2. The van der Waals surface area contributed by atoms with Crippen LogP contribution >= 0.6 is 24.8 Å². The highest BCUT2D eigenvalue weighted by atomic mass is 35.5. The van der Waals surface area contributed by atoms with Crippen molar-refractivity contribution in [3.8, 4) is 0 Å². The summed E-state index contributed by atoms with van der Waals surface area (Å²) in [7, 11) is 0. The van der Waals surface area contributed by atoms with Gasteiger partial charge in [-0.15, -0.1) is 24.8 Å². The van der Waals surface area contributed by atoms with Crippen LogP contribution in [-0.2, 0) is 4.79 Å². The lowest BCUT2D eigenvalue weighted by Crippen LogP contribution is -2.45. The van der Waals surface area contributed by atoms with Gasteiger partial charge in [-0.1, -0.05) is 19.3 Å². The maximum atomic E-state index is 11.9. The molecule has 2 fully saturated rings. The smallest absolute Gasteiger partial charge is 0.223 e. The Balaban J connectivity index is 0.00000128. The molecule has 0 bridgehead atoms. The Morgan fingerprint density at radius 3 is 2.12 bits per heavy atom. The molecule has 0 aromatic heterocycles. The molecular weight excluding hydrogens is 259 g/mol. The highest BCUT2D eigenvalue weighted by molar-refractivity contribution is 5.85. The van der Waals surface area contributed by atoms with Gasteiger partial charge in [-0.05, 0) is 38.8 Å². The van der Waals surface area contributed by atoms with Gasteiger partial charge in [0.15, 0.2) is 0 Å². The van der Waals surface area contributed by atoms with Crippen molar-refractivity contribution in [3.05, 3.63) is 0 Å². The molecule has 1 amide bonds. The third kappa shape index (κ3) is 5.45. The molecule has 1 saturated carbocycles. The lowest BCUT2D eigenvalue weighted by molar-refractivity contribution is -0.126. The standard InChI is InChI=1S/C12H22N2O.2ClH/c15-12(10-4-2-1-3-5-10)14-11-6-8-13-9-7-11;;/h10-11,13H,1-9H2,(H,14,15);2*1H. The maximum absolute atomic E-state index is 11.9. The summed E-state index contributed by atoms with van der Waals surface area (Å²) in [6.07, 6.45) is 8.20. The summed E-state index contributed by atoms with van der Waals surface area (Å²) in [5.74, 6) is 0.634. The normalized spacial score (nSPS) is 22.1. The summed E-state index contributed by atoms with van der Waals surface area (Å²) in [6.45, 7) is 2.10. The van der Waals surface area contributed by atoms with E-state index in [0.717, 1.165) is 38.8 Å². The summed E-state index contributed by atoms with van der Waals surface area (Å²) in [4.78, 5) is 11.9. The summed E-state index contributed by atoms with van der Waals surface area (Å²) < 4.78 is 0. The lowest BCUT2D eigenvalue weighted by Gasteiger charge is -2.27. The molecule has 2 N–H and O–H groups in total. The van der Waals surface area contributed by atoms with Crippen molar-refractivity contribution in [3.63, 3.8) is 0 Å². The van der Waals surface area contributed by atoms with E-state index in [9.17, 15) is 4.79 Å². The van der Waals surface area contributed by atoms with E-state index in [-0.39, 0.29) is 24.8 Å². The monoisotopic (exact) mass is 282 g/mol. The molecule has 1 aliphatic carbocycles. The van der Waals surface area contributed by atoms with Crippen molar-refractivity contribution >= 4 is 30.7 Å². The molecular formula is C12H24Cl2N2O. The lowest BCUT2D eigenvalue weighted by atomic mass is 9.88. The van der Waals surface area contributed by atoms with Gasteiger partial charge in [0.1, 0.15) is 0 Å². The van der Waals surface area contributed by atoms with Crippen LogP contribution in [0.1, 0.15) is 44.9 Å². The average Bonchev–Trinajstić information content (AvgIpc) is 2.31. The third-order valence-corrected chi connectivity index (χ3v) is 3.66. The van der Waals surface area contributed by atoms with Gasteiger partial charge in [0.25, 0.3) is 0 Å². The first-order valence-corrected chi connectivity index (χ1v) is 6.37. The van der Waals surface area contributed by atoms with E-state index >= 15 is 0 Å². The zero-order valence-corrected chi connectivity index (χ0v) is 11.9. The molecule has 2 aliphatic rings. The highest BCUT2D eigenvalue weighted by Crippen LogP contribution is 2.23. The van der Waals surface area contributed by atoms with Crippen LogP contribution in [0.5, 0.6) is 0 Å². The van der Waals surface area contributed by atoms with Crippen LogP contribution in [0.15, 0.2) is 0 Å². The molecule has 1 heterocycles. The maximum Gasteiger partial charge on any atom is 0.223 e. The van der Waals surface area contributed by atoms with Gasteiger partial charge in [0, 0.05) is 12.0 Å². The minimum atomic E-state index is 0. The zero-order valence-electron chi connectivity index (χ0n) is 10.2. The molecule has 0 aromatic rings. The summed E-state index contributed by atoms with van der Waals surface area (Å²) >= 11 is 0. The Hall–Kier alpha value is 0.01000. The summed E-state index contributed by atoms with van der Waals surface area (Å²) in [5, 5.41) is 6.53. The third-order valence-electron chi connectivity index (χ3n) is 3.66. The Kier molecular flexibility index (Phi) is 9.01. The van der Waals surface area contributed by atoms with Crippen LogP contribution in [0.4, 0.5) is 0 Å². The fourth-order valence-corrected chi connectivity index (χ4v) is 2.65. The zero-order chi connectivity index (χ0) is 10.5. The molecule has 0 unspecified atom stereocenters. The summed E-state index contributed by atoms with van der Waals surface area (Å²) in [6, 6.07) is 0.431. The second-order valence-electron chi connectivity index (χ2n) is 4.87. The molecule has 1 aliphatic heterocycles. The second-order valence-corrected chi connectivity index (χ2v) is 4.87. The molecule has 0 spiro atoms. The fraction of sp³-hybridized carbons (Fsp3) is 0.917. The van der Waals surface area contributed by atoms with Crippen molar-refractivity contribution in [2.45, 2.75) is 51.0 Å². The number of rotatable bonds is 2. The van der Waals surface area contributed by atoms with Gasteiger partial charge in [-0.2, -0.15) is 0 Å². The Bertz CT molecular complexity index is 215. The van der Waals surface area contributed by atoms with E-state index in [1.54, 1.807) is 0 Å². The van der Waals surface area contributed by atoms with E-state index < -0.39 is 0 Å². The van der Waals surface area contributed by atoms with Crippen LogP contribution in [0.25, 0.3) is 0 Å². The molecule has 17 heavy (non-hydrogen) atoms. The molecule has 0 atom stereocenters. The minimum Gasteiger partial charge on any atom is -0.353 e. The van der Waals surface area contributed by atoms with Gasteiger partial charge in [0.05, 0.1) is 0 Å². The molecule has 102 valence electrons. The van der Waals surface area contributed by atoms with Crippen molar-refractivity contribution in [1.29, 1.82) is 0 Å². The predicted molar refractivity (Wildman–Crippen MR) is 75.1 cm³/mol. The number of carbonyl (C=O) groups excluding carboxylic acids is 1. The van der Waals surface area contributed by atoms with Gasteiger partial charge < -0.3 is 10.6 Å². The topological polar surface area (TPSA) is 41.1 Å². The van der Waals surface area contributed by atoms with Crippen LogP contribution in [0.3, 0.4) is 0 Å². The first-order valence-electron chi connectivity index (χ1n) is 6.37. The highest BCUT2D eigenvalue weighted by Gasteiger charge is 2.23. The molecule has 3 nitrogen and oxygen atoms in total. The molecule has 0 aromatic carbocycles. The number of hydrogen-bond acceptors (Lipinski definition) is 2. The van der Waals surface area contributed by atoms with E-state index in [2.05, 4.69) is 10.6 Å².